The number of aliphatic carboxylic acids is 1. The van der Waals surface area contributed by atoms with Crippen LogP contribution in [0.25, 0.3) is 0 Å². The summed E-state index contributed by atoms with van der Waals surface area (Å²) < 4.78 is 0. The van der Waals surface area contributed by atoms with Crippen molar-refractivity contribution in [1.29, 1.82) is 0 Å². The van der Waals surface area contributed by atoms with Gasteiger partial charge in [-0.15, -0.1) is 0 Å². The molecule has 1 atom stereocenters. The molecule has 10 heavy (non-hydrogen) atoms. The maximum Gasteiger partial charge on any atom is 0.305 e. The maximum absolute atomic E-state index is 10.2. The Morgan fingerprint density at radius 1 is 1.70 bits per heavy atom. The molecular weight excluding hydrogens is 130 g/mol. The van der Waals surface area contributed by atoms with Crippen molar-refractivity contribution in [3.05, 3.63) is 0 Å². The van der Waals surface area contributed by atoms with Gasteiger partial charge in [-0.05, 0) is 12.8 Å². The third kappa shape index (κ3) is 2.82. The molecule has 0 spiro atoms. The largest absolute Gasteiger partial charge is 0.481 e. The van der Waals surface area contributed by atoms with Gasteiger partial charge in [-0.1, -0.05) is 13.8 Å². The van der Waals surface area contributed by atoms with Crippen molar-refractivity contribution in [3.8, 4) is 0 Å². The number of carboxylic acids is 1. The first-order valence-electron chi connectivity index (χ1n) is 3.37. The van der Waals surface area contributed by atoms with E-state index in [-0.39, 0.29) is 12.3 Å². The lowest BCUT2D eigenvalue weighted by Crippen LogP contribution is -2.43. The van der Waals surface area contributed by atoms with E-state index in [1.807, 2.05) is 13.8 Å². The van der Waals surface area contributed by atoms with Crippen molar-refractivity contribution in [2.75, 3.05) is 0 Å². The van der Waals surface area contributed by atoms with Crippen molar-refractivity contribution >= 4 is 5.97 Å². The van der Waals surface area contributed by atoms with E-state index in [0.29, 0.717) is 0 Å². The maximum atomic E-state index is 10.2. The molecule has 0 aromatic heterocycles. The zero-order valence-corrected chi connectivity index (χ0v) is 6.72. The van der Waals surface area contributed by atoms with Crippen molar-refractivity contribution < 1.29 is 9.90 Å². The highest BCUT2D eigenvalue weighted by molar-refractivity contribution is 5.68. The minimum absolute atomic E-state index is 0.0324. The van der Waals surface area contributed by atoms with Crippen LogP contribution in [-0.4, -0.2) is 16.6 Å². The molecule has 0 fully saturated rings. The second-order valence-corrected chi connectivity index (χ2v) is 3.23. The lowest BCUT2D eigenvalue weighted by molar-refractivity contribution is -0.138. The molecule has 0 amide bonds. The zero-order valence-electron chi connectivity index (χ0n) is 6.72. The summed E-state index contributed by atoms with van der Waals surface area (Å²) in [6.07, 6.45) is 0.0324. The van der Waals surface area contributed by atoms with Gasteiger partial charge in [0.25, 0.3) is 0 Å². The fourth-order valence-electron chi connectivity index (χ4n) is 0.530. The van der Waals surface area contributed by atoms with Gasteiger partial charge in [-0.3, -0.25) is 4.79 Å². The number of rotatable bonds is 3. The molecule has 0 aromatic rings. The lowest BCUT2D eigenvalue weighted by atomic mass is 9.87. The Bertz CT molecular complexity index is 130. The molecule has 0 bridgehead atoms. The summed E-state index contributed by atoms with van der Waals surface area (Å²) in [5, 5.41) is 8.42. The van der Waals surface area contributed by atoms with Gasteiger partial charge in [0, 0.05) is 5.54 Å². The molecule has 0 rings (SSSR count). The van der Waals surface area contributed by atoms with E-state index in [4.69, 9.17) is 10.8 Å². The Labute approximate surface area is 61.2 Å². The summed E-state index contributed by atoms with van der Waals surface area (Å²) in [6.45, 7) is 5.59. The smallest absolute Gasteiger partial charge is 0.305 e. The predicted molar refractivity (Wildman–Crippen MR) is 39.7 cm³/mol. The van der Waals surface area contributed by atoms with Gasteiger partial charge >= 0.3 is 5.97 Å². The Balaban J connectivity index is 3.99. The first kappa shape index (κ1) is 9.43. The Kier molecular flexibility index (Phi) is 2.84. The van der Waals surface area contributed by atoms with E-state index in [1.165, 1.54) is 0 Å². The summed E-state index contributed by atoms with van der Waals surface area (Å²) in [4.78, 5) is 10.2. The van der Waals surface area contributed by atoms with Gasteiger partial charge < -0.3 is 10.8 Å². The molecule has 0 saturated carbocycles. The molecule has 3 nitrogen and oxygen atoms in total. The molecule has 0 heterocycles. The summed E-state index contributed by atoms with van der Waals surface area (Å²) in [5.74, 6) is -0.637. The first-order chi connectivity index (χ1) is 4.36. The number of hydrogen-bond acceptors (Lipinski definition) is 2. The van der Waals surface area contributed by atoms with Crippen LogP contribution in [0, 0.1) is 5.92 Å². The Morgan fingerprint density at radius 2 is 2.10 bits per heavy atom. The van der Waals surface area contributed by atoms with Crippen LogP contribution in [0.2, 0.25) is 0 Å². The molecule has 0 radical (unpaired) electrons. The number of carbonyl (C=O) groups is 1. The van der Waals surface area contributed by atoms with Crippen LogP contribution >= 0.6 is 0 Å². The van der Waals surface area contributed by atoms with Crippen molar-refractivity contribution in [2.45, 2.75) is 32.7 Å². The molecule has 0 aliphatic heterocycles. The van der Waals surface area contributed by atoms with Gasteiger partial charge in [-0.2, -0.15) is 0 Å². The fraction of sp³-hybridized carbons (Fsp3) is 0.857. The zero-order chi connectivity index (χ0) is 8.36. The molecule has 0 aliphatic carbocycles. The van der Waals surface area contributed by atoms with E-state index in [0.717, 1.165) is 0 Å². The SMILES string of the molecule is CC(C)C(C)(N)CC(=O)O. The van der Waals surface area contributed by atoms with Crippen LogP contribution in [0.3, 0.4) is 0 Å². The Morgan fingerprint density at radius 3 is 2.20 bits per heavy atom. The molecule has 0 saturated heterocycles. The van der Waals surface area contributed by atoms with E-state index >= 15 is 0 Å². The van der Waals surface area contributed by atoms with Gasteiger partial charge in [0.1, 0.15) is 0 Å². The van der Waals surface area contributed by atoms with Crippen LogP contribution in [0.15, 0.2) is 0 Å². The molecule has 3 heteroatoms. The van der Waals surface area contributed by atoms with Crippen LogP contribution in [0.4, 0.5) is 0 Å². The van der Waals surface area contributed by atoms with Gasteiger partial charge in [0.05, 0.1) is 6.42 Å². The van der Waals surface area contributed by atoms with Gasteiger partial charge in [0.15, 0.2) is 0 Å². The second kappa shape index (κ2) is 3.01. The minimum Gasteiger partial charge on any atom is -0.481 e. The molecule has 1 unspecified atom stereocenters. The first-order valence-corrected chi connectivity index (χ1v) is 3.37. The summed E-state index contributed by atoms with van der Waals surface area (Å²) >= 11 is 0. The average Bonchev–Trinajstić information content (AvgIpc) is 1.60. The Hall–Kier alpha value is -0.570. The van der Waals surface area contributed by atoms with E-state index in [9.17, 15) is 4.79 Å². The number of carboxylic acid groups (broad SMARTS) is 1. The average molecular weight is 145 g/mol. The highest BCUT2D eigenvalue weighted by atomic mass is 16.4. The highest BCUT2D eigenvalue weighted by Crippen LogP contribution is 2.16. The third-order valence-corrected chi connectivity index (χ3v) is 1.85. The van der Waals surface area contributed by atoms with E-state index in [1.54, 1.807) is 6.92 Å². The number of nitrogens with two attached hydrogens (primary N) is 1. The van der Waals surface area contributed by atoms with E-state index in [2.05, 4.69) is 0 Å². The van der Waals surface area contributed by atoms with Crippen LogP contribution in [0.1, 0.15) is 27.2 Å². The minimum atomic E-state index is -0.835. The second-order valence-electron chi connectivity index (χ2n) is 3.23. The molecular formula is C7H15NO2. The van der Waals surface area contributed by atoms with Crippen LogP contribution < -0.4 is 5.73 Å². The van der Waals surface area contributed by atoms with Gasteiger partial charge in [0.2, 0.25) is 0 Å². The predicted octanol–water partition coefficient (Wildman–Crippen LogP) is 0.835. The topological polar surface area (TPSA) is 63.3 Å². The third-order valence-electron chi connectivity index (χ3n) is 1.85. The van der Waals surface area contributed by atoms with Crippen molar-refractivity contribution in [3.63, 3.8) is 0 Å². The molecule has 0 aliphatic rings. The normalized spacial score (nSPS) is 16.9. The standard InChI is InChI=1S/C7H15NO2/c1-5(2)7(3,8)4-6(9)10/h5H,4,8H2,1-3H3,(H,9,10). The van der Waals surface area contributed by atoms with Crippen molar-refractivity contribution in [2.24, 2.45) is 11.7 Å². The summed E-state index contributed by atoms with van der Waals surface area (Å²) in [6, 6.07) is 0. The number of hydrogen-bond donors (Lipinski definition) is 2. The molecule has 60 valence electrons. The van der Waals surface area contributed by atoms with Gasteiger partial charge in [-0.25, -0.2) is 0 Å². The van der Waals surface area contributed by atoms with Crippen LogP contribution in [-0.2, 0) is 4.79 Å². The van der Waals surface area contributed by atoms with Crippen LogP contribution in [0.5, 0.6) is 0 Å². The van der Waals surface area contributed by atoms with E-state index < -0.39 is 11.5 Å². The fourth-order valence-corrected chi connectivity index (χ4v) is 0.530. The van der Waals surface area contributed by atoms with Crippen molar-refractivity contribution in [1.82, 2.24) is 0 Å². The lowest BCUT2D eigenvalue weighted by Gasteiger charge is -2.26. The highest BCUT2D eigenvalue weighted by Gasteiger charge is 2.25. The monoisotopic (exact) mass is 145 g/mol. The molecule has 3 N–H and O–H groups in total. The molecule has 0 aromatic carbocycles. The summed E-state index contributed by atoms with van der Waals surface area (Å²) in [7, 11) is 0. The summed E-state index contributed by atoms with van der Waals surface area (Å²) in [5.41, 5.74) is 5.10. The quantitative estimate of drug-likeness (QED) is 0.618.